The summed E-state index contributed by atoms with van der Waals surface area (Å²) in [7, 11) is 0. The van der Waals surface area contributed by atoms with Crippen LogP contribution >= 0.6 is 0 Å². The molecule has 2 atom stereocenters. The molecule has 1 N–H and O–H groups in total. The molecule has 1 fully saturated rings. The number of rotatable bonds is 7. The lowest BCUT2D eigenvalue weighted by Crippen LogP contribution is -2.37. The van der Waals surface area contributed by atoms with E-state index in [0.29, 0.717) is 13.2 Å². The average Bonchev–Trinajstić information content (AvgIpc) is 2.67. The van der Waals surface area contributed by atoms with Crippen LogP contribution in [0.4, 0.5) is 0 Å². The predicted octanol–water partition coefficient (Wildman–Crippen LogP) is 2.87. The van der Waals surface area contributed by atoms with Crippen LogP contribution in [0.1, 0.15) is 31.7 Å². The number of ether oxygens (including phenoxy) is 2. The molecule has 0 radical (unpaired) electrons. The van der Waals surface area contributed by atoms with E-state index in [4.69, 9.17) is 9.47 Å². The molecule has 3 rings (SSSR count). The summed E-state index contributed by atoms with van der Waals surface area (Å²) in [6.07, 6.45) is 5.53. The molecule has 5 nitrogen and oxygen atoms in total. The molecule has 134 valence electrons. The van der Waals surface area contributed by atoms with Crippen LogP contribution in [0.2, 0.25) is 0 Å². The predicted molar refractivity (Wildman–Crippen MR) is 97.5 cm³/mol. The van der Waals surface area contributed by atoms with Crippen molar-refractivity contribution in [1.29, 1.82) is 0 Å². The maximum atomic E-state index is 12.2. The first kappa shape index (κ1) is 17.8. The van der Waals surface area contributed by atoms with Gasteiger partial charge in [-0.15, -0.1) is 0 Å². The summed E-state index contributed by atoms with van der Waals surface area (Å²) < 4.78 is 11.3. The van der Waals surface area contributed by atoms with Crippen molar-refractivity contribution in [2.75, 3.05) is 19.8 Å². The number of para-hydroxylation sites is 1. The van der Waals surface area contributed by atoms with Crippen LogP contribution in [-0.2, 0) is 20.7 Å². The Morgan fingerprint density at radius 1 is 1.36 bits per heavy atom. The van der Waals surface area contributed by atoms with Crippen molar-refractivity contribution in [3.63, 3.8) is 0 Å². The van der Waals surface area contributed by atoms with Gasteiger partial charge in [0.05, 0.1) is 18.2 Å². The van der Waals surface area contributed by atoms with E-state index in [0.717, 1.165) is 42.3 Å². The lowest BCUT2D eigenvalue weighted by atomic mass is 10.1. The van der Waals surface area contributed by atoms with Gasteiger partial charge in [0, 0.05) is 24.7 Å². The van der Waals surface area contributed by atoms with Crippen LogP contribution in [0.25, 0.3) is 10.9 Å². The Morgan fingerprint density at radius 3 is 3.08 bits per heavy atom. The number of carbonyl (C=O) groups excluding carboxylic acids is 1. The maximum absolute atomic E-state index is 12.2. The van der Waals surface area contributed by atoms with Crippen LogP contribution in [0, 0.1) is 0 Å². The van der Waals surface area contributed by atoms with Gasteiger partial charge >= 0.3 is 0 Å². The Morgan fingerprint density at radius 2 is 2.24 bits per heavy atom. The van der Waals surface area contributed by atoms with Gasteiger partial charge < -0.3 is 14.8 Å². The van der Waals surface area contributed by atoms with E-state index in [1.165, 1.54) is 6.42 Å². The second-order valence-electron chi connectivity index (χ2n) is 6.50. The van der Waals surface area contributed by atoms with Crippen LogP contribution in [-0.4, -0.2) is 42.9 Å². The second kappa shape index (κ2) is 8.92. The quantitative estimate of drug-likeness (QED) is 0.840. The SMILES string of the molecule is C[C@@H](OC[C@@H]1CCCCO1)C(=O)NCCc1cccc2cccnc12. The molecule has 0 unspecified atom stereocenters. The summed E-state index contributed by atoms with van der Waals surface area (Å²) in [5.41, 5.74) is 2.14. The van der Waals surface area contributed by atoms with Gasteiger partial charge in [-0.1, -0.05) is 24.3 Å². The Labute approximate surface area is 148 Å². The first-order chi connectivity index (χ1) is 12.2. The normalized spacial score (nSPS) is 18.8. The van der Waals surface area contributed by atoms with Gasteiger partial charge in [0.1, 0.15) is 6.10 Å². The van der Waals surface area contributed by atoms with E-state index >= 15 is 0 Å². The van der Waals surface area contributed by atoms with E-state index in [1.54, 1.807) is 13.1 Å². The second-order valence-corrected chi connectivity index (χ2v) is 6.50. The maximum Gasteiger partial charge on any atom is 0.248 e. The van der Waals surface area contributed by atoms with Gasteiger partial charge in [0.2, 0.25) is 5.91 Å². The van der Waals surface area contributed by atoms with Crippen LogP contribution in [0.3, 0.4) is 0 Å². The highest BCUT2D eigenvalue weighted by molar-refractivity contribution is 5.82. The van der Waals surface area contributed by atoms with Crippen LogP contribution in [0.5, 0.6) is 0 Å². The van der Waals surface area contributed by atoms with Gasteiger partial charge in [0.15, 0.2) is 0 Å². The van der Waals surface area contributed by atoms with Crippen molar-refractivity contribution in [3.8, 4) is 0 Å². The Bertz CT molecular complexity index is 693. The standard InChI is InChI=1S/C20H26N2O3/c1-15(25-14-18-9-2-3-13-24-18)20(23)22-12-10-17-7-4-6-16-8-5-11-21-19(16)17/h4-8,11,15,18H,2-3,9-10,12-14H2,1H3,(H,22,23)/t15-,18+/m1/s1. The number of fused-ring (bicyclic) bond motifs is 1. The molecule has 5 heteroatoms. The third-order valence-electron chi connectivity index (χ3n) is 4.59. The summed E-state index contributed by atoms with van der Waals surface area (Å²) in [6.45, 7) is 3.65. The fourth-order valence-corrected chi connectivity index (χ4v) is 3.10. The molecule has 0 aliphatic carbocycles. The van der Waals surface area contributed by atoms with Gasteiger partial charge in [-0.25, -0.2) is 0 Å². The number of amides is 1. The number of nitrogens with one attached hydrogen (secondary N) is 1. The number of carbonyl (C=O) groups is 1. The molecule has 0 spiro atoms. The molecule has 2 heterocycles. The molecule has 1 saturated heterocycles. The third kappa shape index (κ3) is 5.00. The van der Waals surface area contributed by atoms with E-state index in [1.807, 2.05) is 24.3 Å². The minimum Gasteiger partial charge on any atom is -0.376 e. The van der Waals surface area contributed by atoms with Gasteiger partial charge in [-0.2, -0.15) is 0 Å². The Kier molecular flexibility index (Phi) is 6.36. The van der Waals surface area contributed by atoms with Gasteiger partial charge in [0.25, 0.3) is 0 Å². The lowest BCUT2D eigenvalue weighted by molar-refractivity contribution is -0.135. The van der Waals surface area contributed by atoms with Crippen LogP contribution < -0.4 is 5.32 Å². The van der Waals surface area contributed by atoms with Gasteiger partial charge in [-0.05, 0) is 44.2 Å². The summed E-state index contributed by atoms with van der Waals surface area (Å²) in [4.78, 5) is 16.6. The number of hydrogen-bond acceptors (Lipinski definition) is 4. The van der Waals surface area contributed by atoms with Crippen molar-refractivity contribution in [2.24, 2.45) is 0 Å². The van der Waals surface area contributed by atoms with E-state index in [2.05, 4.69) is 16.4 Å². The highest BCUT2D eigenvalue weighted by Gasteiger charge is 2.18. The molecule has 1 aromatic heterocycles. The van der Waals surface area contributed by atoms with Crippen molar-refractivity contribution >= 4 is 16.8 Å². The fourth-order valence-electron chi connectivity index (χ4n) is 3.10. The van der Waals surface area contributed by atoms with Crippen molar-refractivity contribution in [2.45, 2.75) is 44.8 Å². The molecule has 0 bridgehead atoms. The van der Waals surface area contributed by atoms with Crippen molar-refractivity contribution in [3.05, 3.63) is 42.1 Å². The number of pyridine rings is 1. The molecule has 1 aliphatic rings. The zero-order valence-corrected chi connectivity index (χ0v) is 14.7. The number of benzene rings is 1. The number of nitrogens with zero attached hydrogens (tertiary/aromatic N) is 1. The van der Waals surface area contributed by atoms with E-state index < -0.39 is 6.10 Å². The van der Waals surface area contributed by atoms with Crippen LogP contribution in [0.15, 0.2) is 36.5 Å². The van der Waals surface area contributed by atoms with E-state index in [-0.39, 0.29) is 12.0 Å². The van der Waals surface area contributed by atoms with Gasteiger partial charge in [-0.3, -0.25) is 9.78 Å². The minimum absolute atomic E-state index is 0.0796. The molecule has 0 saturated carbocycles. The highest BCUT2D eigenvalue weighted by atomic mass is 16.5. The molecule has 1 aliphatic heterocycles. The zero-order chi connectivity index (χ0) is 17.5. The molecule has 25 heavy (non-hydrogen) atoms. The third-order valence-corrected chi connectivity index (χ3v) is 4.59. The monoisotopic (exact) mass is 342 g/mol. The Balaban J connectivity index is 1.43. The van der Waals surface area contributed by atoms with Crippen molar-refractivity contribution < 1.29 is 14.3 Å². The lowest BCUT2D eigenvalue weighted by Gasteiger charge is -2.23. The number of aromatic nitrogens is 1. The molecule has 1 amide bonds. The average molecular weight is 342 g/mol. The highest BCUT2D eigenvalue weighted by Crippen LogP contribution is 2.16. The molecular weight excluding hydrogens is 316 g/mol. The fraction of sp³-hybridized carbons (Fsp3) is 0.500. The minimum atomic E-state index is -0.462. The van der Waals surface area contributed by atoms with Crippen molar-refractivity contribution in [1.82, 2.24) is 10.3 Å². The smallest absolute Gasteiger partial charge is 0.248 e. The molecular formula is C20H26N2O3. The zero-order valence-electron chi connectivity index (χ0n) is 14.7. The summed E-state index contributed by atoms with van der Waals surface area (Å²) in [5.74, 6) is -0.0796. The van der Waals surface area contributed by atoms with E-state index in [9.17, 15) is 4.79 Å². The molecule has 1 aromatic carbocycles. The summed E-state index contributed by atoms with van der Waals surface area (Å²) in [6, 6.07) is 10.1. The first-order valence-electron chi connectivity index (χ1n) is 9.07. The molecule has 2 aromatic rings. The first-order valence-corrected chi connectivity index (χ1v) is 9.07. The topological polar surface area (TPSA) is 60.5 Å². The largest absolute Gasteiger partial charge is 0.376 e. The summed E-state index contributed by atoms with van der Waals surface area (Å²) in [5, 5.41) is 4.07. The number of hydrogen-bond donors (Lipinski definition) is 1. The Hall–Kier alpha value is -1.98. The summed E-state index contributed by atoms with van der Waals surface area (Å²) >= 11 is 0.